The van der Waals surface area contributed by atoms with Crippen molar-refractivity contribution in [2.45, 2.75) is 27.7 Å². The Labute approximate surface area is 252 Å². The van der Waals surface area contributed by atoms with Gasteiger partial charge >= 0.3 is 0 Å². The summed E-state index contributed by atoms with van der Waals surface area (Å²) < 4.78 is 3.35. The largest absolute Gasteiger partial charge is 0.309 e. The summed E-state index contributed by atoms with van der Waals surface area (Å²) in [6, 6.07) is 33.3. The molecule has 1 aliphatic heterocycles. The lowest BCUT2D eigenvalue weighted by atomic mass is 9.70. The fourth-order valence-corrected chi connectivity index (χ4v) is 7.33. The third-order valence-corrected chi connectivity index (χ3v) is 10.5. The highest BCUT2D eigenvalue weighted by molar-refractivity contribution is 7.25. The van der Waals surface area contributed by atoms with Crippen LogP contribution >= 0.6 is 11.3 Å². The van der Waals surface area contributed by atoms with Gasteiger partial charge in [-0.2, -0.15) is 0 Å². The molecular formula is C36H28N4O2S. The van der Waals surface area contributed by atoms with Crippen LogP contribution in [-0.4, -0.2) is 26.3 Å². The normalized spacial score (nSPS) is 16.3. The highest BCUT2D eigenvalue weighted by atomic mass is 32.1. The van der Waals surface area contributed by atoms with Gasteiger partial charge in [-0.15, -0.1) is 11.3 Å². The summed E-state index contributed by atoms with van der Waals surface area (Å²) >= 11 is 1.55. The first kappa shape index (κ1) is 25.8. The molecule has 43 heavy (non-hydrogen) atoms. The van der Waals surface area contributed by atoms with E-state index in [-0.39, 0.29) is 17.8 Å². The van der Waals surface area contributed by atoms with Gasteiger partial charge in [0.05, 0.1) is 27.6 Å². The number of hydrogen-bond donors (Lipinski definition) is 0. The molecule has 0 saturated carbocycles. The minimum absolute atomic E-state index is 0.134. The second-order valence-electron chi connectivity index (χ2n) is 12.3. The number of aromatic nitrogens is 3. The molecule has 1 fully saturated rings. The van der Waals surface area contributed by atoms with Crippen LogP contribution in [0.5, 0.6) is 0 Å². The van der Waals surface area contributed by atoms with Crippen LogP contribution in [0.1, 0.15) is 27.7 Å². The van der Waals surface area contributed by atoms with E-state index in [1.165, 1.54) is 4.90 Å². The standard InChI is InChI=1S/C36H28N4O2S/c1-35(2)32(41)40(33(42)36(35,3)4)34-37-30(29-24-15-9-11-17-28(24)43-31(29)38-34)21-18-19-27-25(20-21)23-14-8-10-16-26(23)39(27)22-12-6-5-7-13-22/h5-20H,1-4H3. The summed E-state index contributed by atoms with van der Waals surface area (Å²) in [5.74, 6) is -0.430. The molecule has 1 saturated heterocycles. The Morgan fingerprint density at radius 1 is 0.651 bits per heavy atom. The van der Waals surface area contributed by atoms with E-state index in [0.717, 1.165) is 53.4 Å². The topological polar surface area (TPSA) is 68.1 Å². The van der Waals surface area contributed by atoms with Crippen LogP contribution in [0.3, 0.4) is 0 Å². The Morgan fingerprint density at radius 3 is 2.02 bits per heavy atom. The average Bonchev–Trinajstić information content (AvgIpc) is 3.59. The number of imide groups is 1. The molecule has 0 radical (unpaired) electrons. The number of thiophene rings is 1. The molecule has 0 N–H and O–H groups in total. The summed E-state index contributed by atoms with van der Waals surface area (Å²) in [5, 5.41) is 4.21. The molecule has 0 spiro atoms. The Bertz CT molecular complexity index is 2270. The molecular weight excluding hydrogens is 552 g/mol. The summed E-state index contributed by atoms with van der Waals surface area (Å²) in [4.78, 5) is 39.2. The minimum Gasteiger partial charge on any atom is -0.309 e. The molecule has 6 nitrogen and oxygen atoms in total. The van der Waals surface area contributed by atoms with Crippen molar-refractivity contribution in [2.75, 3.05) is 4.90 Å². The lowest BCUT2D eigenvalue weighted by Crippen LogP contribution is -2.35. The maximum Gasteiger partial charge on any atom is 0.242 e. The van der Waals surface area contributed by atoms with E-state index >= 15 is 0 Å². The summed E-state index contributed by atoms with van der Waals surface area (Å²) in [5.41, 5.74) is 3.13. The second kappa shape index (κ2) is 8.82. The fourth-order valence-electron chi connectivity index (χ4n) is 6.26. The molecule has 0 atom stereocenters. The first-order chi connectivity index (χ1) is 20.7. The van der Waals surface area contributed by atoms with Gasteiger partial charge < -0.3 is 4.57 Å². The van der Waals surface area contributed by atoms with Crippen LogP contribution in [0.2, 0.25) is 0 Å². The number of anilines is 1. The van der Waals surface area contributed by atoms with Crippen molar-refractivity contribution in [3.63, 3.8) is 0 Å². The Morgan fingerprint density at radius 2 is 1.28 bits per heavy atom. The van der Waals surface area contributed by atoms with Gasteiger partial charge in [0, 0.05) is 37.5 Å². The van der Waals surface area contributed by atoms with E-state index in [0.29, 0.717) is 5.69 Å². The van der Waals surface area contributed by atoms with Crippen molar-refractivity contribution in [3.05, 3.63) is 97.1 Å². The van der Waals surface area contributed by atoms with Crippen LogP contribution in [0, 0.1) is 10.8 Å². The molecule has 1 aliphatic rings. The molecule has 0 unspecified atom stereocenters. The Hall–Kier alpha value is -4.88. The third-order valence-electron chi connectivity index (χ3n) is 9.43. The van der Waals surface area contributed by atoms with Crippen molar-refractivity contribution >= 4 is 71.2 Å². The van der Waals surface area contributed by atoms with Gasteiger partial charge in [-0.1, -0.05) is 60.7 Å². The number of nitrogens with zero attached hydrogens (tertiary/aromatic N) is 4. The molecule has 210 valence electrons. The quantitative estimate of drug-likeness (QED) is 0.196. The number of amides is 2. The predicted molar refractivity (Wildman–Crippen MR) is 175 cm³/mol. The van der Waals surface area contributed by atoms with Crippen LogP contribution < -0.4 is 4.90 Å². The maximum absolute atomic E-state index is 13.7. The van der Waals surface area contributed by atoms with Gasteiger partial charge in [0.25, 0.3) is 0 Å². The van der Waals surface area contributed by atoms with Crippen molar-refractivity contribution in [3.8, 4) is 16.9 Å². The van der Waals surface area contributed by atoms with Crippen LogP contribution in [0.25, 0.3) is 59.1 Å². The second-order valence-corrected chi connectivity index (χ2v) is 13.3. The van der Waals surface area contributed by atoms with Gasteiger partial charge in [-0.3, -0.25) is 9.59 Å². The smallest absolute Gasteiger partial charge is 0.242 e. The van der Waals surface area contributed by atoms with E-state index in [4.69, 9.17) is 9.97 Å². The highest BCUT2D eigenvalue weighted by Gasteiger charge is 2.60. The van der Waals surface area contributed by atoms with Gasteiger partial charge in [0.15, 0.2) is 0 Å². The average molecular weight is 581 g/mol. The Kier molecular flexibility index (Phi) is 5.29. The number of carbonyl (C=O) groups is 2. The fraction of sp³-hybridized carbons (Fsp3) is 0.167. The molecule has 4 aromatic carbocycles. The number of fused-ring (bicyclic) bond motifs is 6. The van der Waals surface area contributed by atoms with E-state index in [2.05, 4.69) is 83.4 Å². The van der Waals surface area contributed by atoms with Gasteiger partial charge in [-0.25, -0.2) is 14.9 Å². The molecule has 7 heteroatoms. The molecule has 3 aromatic heterocycles. The van der Waals surface area contributed by atoms with Crippen molar-refractivity contribution < 1.29 is 9.59 Å². The lowest BCUT2D eigenvalue weighted by molar-refractivity contribution is -0.129. The molecule has 0 bridgehead atoms. The zero-order valence-electron chi connectivity index (χ0n) is 24.3. The Balaban J connectivity index is 1.42. The van der Waals surface area contributed by atoms with Gasteiger partial charge in [-0.05, 0) is 64.1 Å². The number of para-hydroxylation sites is 2. The summed E-state index contributed by atoms with van der Waals surface area (Å²) in [6.07, 6.45) is 0. The first-order valence-corrected chi connectivity index (χ1v) is 15.2. The van der Waals surface area contributed by atoms with E-state index in [1.807, 2.05) is 45.9 Å². The summed E-state index contributed by atoms with van der Waals surface area (Å²) in [7, 11) is 0. The summed E-state index contributed by atoms with van der Waals surface area (Å²) in [6.45, 7) is 7.29. The van der Waals surface area contributed by atoms with Crippen molar-refractivity contribution in [1.29, 1.82) is 0 Å². The third kappa shape index (κ3) is 3.45. The van der Waals surface area contributed by atoms with Gasteiger partial charge in [0.1, 0.15) is 4.83 Å². The van der Waals surface area contributed by atoms with Crippen LogP contribution in [-0.2, 0) is 9.59 Å². The lowest BCUT2D eigenvalue weighted by Gasteiger charge is -2.28. The van der Waals surface area contributed by atoms with E-state index in [1.54, 1.807) is 11.3 Å². The van der Waals surface area contributed by atoms with Crippen molar-refractivity contribution in [2.24, 2.45) is 10.8 Å². The van der Waals surface area contributed by atoms with Crippen LogP contribution in [0.4, 0.5) is 5.95 Å². The number of benzene rings is 4. The molecule has 8 rings (SSSR count). The first-order valence-electron chi connectivity index (χ1n) is 14.4. The monoisotopic (exact) mass is 580 g/mol. The van der Waals surface area contributed by atoms with Crippen LogP contribution in [0.15, 0.2) is 97.1 Å². The molecule has 4 heterocycles. The number of hydrogen-bond acceptors (Lipinski definition) is 5. The number of carbonyl (C=O) groups excluding carboxylic acids is 2. The predicted octanol–water partition coefficient (Wildman–Crippen LogP) is 8.53. The van der Waals surface area contributed by atoms with E-state index < -0.39 is 10.8 Å². The highest BCUT2D eigenvalue weighted by Crippen LogP contribution is 2.49. The van der Waals surface area contributed by atoms with Crippen molar-refractivity contribution in [1.82, 2.24) is 14.5 Å². The molecule has 2 amide bonds. The SMILES string of the molecule is CC1(C)C(=O)N(c2nc(-c3ccc4c(c3)c3ccccc3n4-c3ccccc3)c3c(n2)sc2ccccc23)C(=O)C1(C)C. The molecule has 7 aromatic rings. The maximum atomic E-state index is 13.7. The number of rotatable bonds is 3. The molecule has 0 aliphatic carbocycles. The van der Waals surface area contributed by atoms with E-state index in [9.17, 15) is 9.59 Å². The van der Waals surface area contributed by atoms with Gasteiger partial charge in [0.2, 0.25) is 17.8 Å². The minimum atomic E-state index is -0.888. The zero-order valence-corrected chi connectivity index (χ0v) is 25.1. The zero-order chi connectivity index (χ0) is 29.7.